The van der Waals surface area contributed by atoms with Gasteiger partial charge in [0.1, 0.15) is 0 Å². The third-order valence-electron chi connectivity index (χ3n) is 4.77. The van der Waals surface area contributed by atoms with Crippen LogP contribution in [0.15, 0.2) is 22.3 Å². The first-order valence-corrected chi connectivity index (χ1v) is 14.0. The van der Waals surface area contributed by atoms with E-state index in [2.05, 4.69) is 67.4 Å². The summed E-state index contributed by atoms with van der Waals surface area (Å²) < 4.78 is 5.30. The molecule has 0 unspecified atom stereocenters. The molecule has 0 spiro atoms. The number of nitrogens with zero attached hydrogens (tertiary/aromatic N) is 1. The molecule has 0 aromatic rings. The largest absolute Gasteiger partial charge is 3.00 e. The predicted molar refractivity (Wildman–Crippen MR) is 93.8 cm³/mol. The van der Waals surface area contributed by atoms with E-state index in [0.717, 1.165) is 0 Å². The van der Waals surface area contributed by atoms with E-state index in [0.29, 0.717) is 0 Å². The van der Waals surface area contributed by atoms with Crippen molar-refractivity contribution in [1.29, 1.82) is 0 Å². The molecule has 1 nitrogen and oxygen atoms in total. The van der Waals surface area contributed by atoms with Crippen LogP contribution in [0.1, 0.15) is 34.6 Å². The molecule has 22 heavy (non-hydrogen) atoms. The zero-order valence-electron chi connectivity index (χ0n) is 15.9. The monoisotopic (exact) mass is 454 g/mol. The molecule has 0 fully saturated rings. The molecule has 1 radical (unpaired) electrons. The van der Waals surface area contributed by atoms with Crippen molar-refractivity contribution in [3.63, 3.8) is 0 Å². The third-order valence-corrected chi connectivity index (χ3v) is 11.4. The maximum absolute atomic E-state index is 5.30. The van der Waals surface area contributed by atoms with E-state index in [1.54, 1.807) is 11.1 Å². The second-order valence-corrected chi connectivity index (χ2v) is 17.3. The summed E-state index contributed by atoms with van der Waals surface area (Å²) >= 11 is 0. The van der Waals surface area contributed by atoms with Crippen molar-refractivity contribution in [2.75, 3.05) is 0 Å². The fourth-order valence-electron chi connectivity index (χ4n) is 3.75. The molecule has 0 aromatic heterocycles. The van der Waals surface area contributed by atoms with Crippen LogP contribution in [0.2, 0.25) is 38.8 Å². The van der Waals surface area contributed by atoms with Gasteiger partial charge in [0.05, 0.1) is 0 Å². The van der Waals surface area contributed by atoms with Crippen LogP contribution in [0.25, 0.3) is 4.65 Å². The SMILES string of the molecule is CC1=C(C)C(C)(C[Si](C)(C)[N-][Si](C)(C)C)C(C)=C1C.[Cl-].[Cl-].[Zr+3]. The molecule has 0 atom stereocenters. The number of hydrogen-bond acceptors (Lipinski definition) is 0. The number of hydrogen-bond donors (Lipinski definition) is 0. The van der Waals surface area contributed by atoms with E-state index in [-0.39, 0.29) is 56.4 Å². The van der Waals surface area contributed by atoms with E-state index >= 15 is 0 Å². The van der Waals surface area contributed by atoms with Crippen LogP contribution in [0.4, 0.5) is 0 Å². The van der Waals surface area contributed by atoms with Gasteiger partial charge in [-0.3, -0.25) is 0 Å². The Kier molecular flexibility index (Phi) is 11.7. The minimum absolute atomic E-state index is 0. The molecular formula is C16H32Cl2NSi2Zr. The van der Waals surface area contributed by atoms with E-state index in [9.17, 15) is 0 Å². The average Bonchev–Trinajstić information content (AvgIpc) is 2.30. The van der Waals surface area contributed by atoms with Crippen LogP contribution in [-0.4, -0.2) is 16.5 Å². The van der Waals surface area contributed by atoms with Gasteiger partial charge < -0.3 is 29.5 Å². The van der Waals surface area contributed by atoms with Gasteiger partial charge in [0.2, 0.25) is 0 Å². The molecule has 0 amide bonds. The zero-order valence-corrected chi connectivity index (χ0v) is 21.9. The fourth-order valence-corrected chi connectivity index (χ4v) is 13.6. The summed E-state index contributed by atoms with van der Waals surface area (Å²) in [5.41, 5.74) is 6.44. The van der Waals surface area contributed by atoms with Gasteiger partial charge in [0.15, 0.2) is 0 Å². The van der Waals surface area contributed by atoms with Gasteiger partial charge in [-0.05, 0) is 38.8 Å². The van der Waals surface area contributed by atoms with E-state index in [1.165, 1.54) is 17.2 Å². The molecule has 0 aromatic carbocycles. The molecule has 0 heterocycles. The number of rotatable bonds is 4. The van der Waals surface area contributed by atoms with Crippen LogP contribution < -0.4 is 24.8 Å². The van der Waals surface area contributed by atoms with E-state index in [4.69, 9.17) is 4.65 Å². The molecule has 0 saturated heterocycles. The van der Waals surface area contributed by atoms with Gasteiger partial charge in [0.25, 0.3) is 0 Å². The Bertz CT molecular complexity index is 428. The van der Waals surface area contributed by atoms with Crippen molar-refractivity contribution in [3.05, 3.63) is 26.9 Å². The van der Waals surface area contributed by atoms with Crippen molar-refractivity contribution in [2.45, 2.75) is 73.4 Å². The summed E-state index contributed by atoms with van der Waals surface area (Å²) in [7, 11) is -2.82. The summed E-state index contributed by atoms with van der Waals surface area (Å²) in [6.45, 7) is 23.6. The quantitative estimate of drug-likeness (QED) is 0.533. The van der Waals surface area contributed by atoms with Gasteiger partial charge in [-0.25, -0.2) is 0 Å². The normalized spacial score (nSPS) is 17.7. The van der Waals surface area contributed by atoms with Crippen molar-refractivity contribution in [3.8, 4) is 0 Å². The van der Waals surface area contributed by atoms with Gasteiger partial charge >= 0.3 is 26.2 Å². The van der Waals surface area contributed by atoms with Crippen LogP contribution in [-0.2, 0) is 26.2 Å². The van der Waals surface area contributed by atoms with Crippen LogP contribution >= 0.6 is 0 Å². The van der Waals surface area contributed by atoms with Crippen molar-refractivity contribution >= 4 is 16.5 Å². The second-order valence-electron chi connectivity index (χ2n) is 8.10. The summed E-state index contributed by atoms with van der Waals surface area (Å²) in [5, 5.41) is 0. The van der Waals surface area contributed by atoms with Crippen molar-refractivity contribution < 1.29 is 51.0 Å². The molecule has 6 heteroatoms. The van der Waals surface area contributed by atoms with Crippen LogP contribution in [0.5, 0.6) is 0 Å². The van der Waals surface area contributed by atoms with Gasteiger partial charge in [0, 0.05) is 5.41 Å². The maximum Gasteiger partial charge on any atom is 3.00 e. The first-order chi connectivity index (χ1) is 8.30. The minimum atomic E-state index is -1.50. The molecule has 1 aliphatic carbocycles. The Balaban J connectivity index is -0.00000120. The maximum atomic E-state index is 5.30. The molecule has 1 rings (SSSR count). The second kappa shape index (κ2) is 9.15. The van der Waals surface area contributed by atoms with E-state index in [1.807, 2.05) is 0 Å². The zero-order chi connectivity index (χ0) is 15.2. The molecule has 0 bridgehead atoms. The molecule has 0 saturated carbocycles. The smallest absolute Gasteiger partial charge is 1.00 e. The van der Waals surface area contributed by atoms with Crippen LogP contribution in [0, 0.1) is 5.41 Å². The van der Waals surface area contributed by atoms with Crippen molar-refractivity contribution in [2.24, 2.45) is 5.41 Å². The molecule has 1 aliphatic rings. The Hall–Kier alpha value is 1.34. The number of halogens is 2. The van der Waals surface area contributed by atoms with E-state index < -0.39 is 16.5 Å². The molecule has 0 aliphatic heterocycles. The van der Waals surface area contributed by atoms with Gasteiger partial charge in [-0.15, -0.1) is 0 Å². The Morgan fingerprint density at radius 2 is 1.14 bits per heavy atom. The Morgan fingerprint density at radius 1 is 0.818 bits per heavy atom. The van der Waals surface area contributed by atoms with Crippen molar-refractivity contribution in [1.82, 2.24) is 0 Å². The fraction of sp³-hybridized carbons (Fsp3) is 0.750. The van der Waals surface area contributed by atoms with Gasteiger partial charge in [-0.2, -0.15) is 0 Å². The average molecular weight is 457 g/mol. The van der Waals surface area contributed by atoms with Crippen LogP contribution in [0.3, 0.4) is 0 Å². The summed E-state index contributed by atoms with van der Waals surface area (Å²) in [5.74, 6) is 0. The molecular weight excluding hydrogens is 424 g/mol. The topological polar surface area (TPSA) is 14.1 Å². The predicted octanol–water partition coefficient (Wildman–Crippen LogP) is 0.0983. The first-order valence-electron chi connectivity index (χ1n) is 7.40. The summed E-state index contributed by atoms with van der Waals surface area (Å²) in [6.07, 6.45) is 0. The summed E-state index contributed by atoms with van der Waals surface area (Å²) in [6, 6.07) is 1.26. The summed E-state index contributed by atoms with van der Waals surface area (Å²) in [4.78, 5) is 0. The van der Waals surface area contributed by atoms with Gasteiger partial charge in [-0.1, -0.05) is 73.3 Å². The minimum Gasteiger partial charge on any atom is -1.00 e. The molecule has 0 N–H and O–H groups in total. The first kappa shape index (κ1) is 28.2. The standard InChI is InChI=1S/C16H32NSi2.2ClH.Zr/c1-12-13(2)15(4)16(5,14(12)3)11-19(9,10)17-18(6,7)8;;;/h11H2,1-10H3;2*1H;/q-1;;;+3/p-2. The molecule has 127 valence electrons. The third kappa shape index (κ3) is 6.33. The Labute approximate surface area is 172 Å². The number of allylic oxidation sites excluding steroid dienone is 4. The Morgan fingerprint density at radius 3 is 1.41 bits per heavy atom.